The Morgan fingerprint density at radius 1 is 1.30 bits per heavy atom. The van der Waals surface area contributed by atoms with E-state index in [-0.39, 0.29) is 5.91 Å². The molecule has 110 valence electrons. The molecule has 0 atom stereocenters. The summed E-state index contributed by atoms with van der Waals surface area (Å²) in [5, 5.41) is 3.18. The summed E-state index contributed by atoms with van der Waals surface area (Å²) in [4.78, 5) is 16.6. The van der Waals surface area contributed by atoms with Gasteiger partial charge in [-0.25, -0.2) is 0 Å². The summed E-state index contributed by atoms with van der Waals surface area (Å²) in [6.45, 7) is 5.88. The first-order chi connectivity index (χ1) is 9.70. The molecule has 0 saturated carbocycles. The van der Waals surface area contributed by atoms with Gasteiger partial charge in [0.25, 0.3) is 0 Å². The Balaban J connectivity index is 1.77. The molecule has 0 spiro atoms. The van der Waals surface area contributed by atoms with E-state index in [2.05, 4.69) is 17.1 Å². The molecule has 1 aliphatic rings. The number of nitrogens with zero attached hydrogens (tertiary/aromatic N) is 2. The van der Waals surface area contributed by atoms with Crippen LogP contribution < -0.4 is 5.32 Å². The smallest absolute Gasteiger partial charge is 0.241 e. The molecule has 4 nitrogen and oxygen atoms in total. The molecule has 1 amide bonds. The highest BCUT2D eigenvalue weighted by atomic mass is 16.2. The van der Waals surface area contributed by atoms with Crippen molar-refractivity contribution in [2.45, 2.75) is 25.8 Å². The number of piperidine rings is 1. The number of rotatable bonds is 5. The summed E-state index contributed by atoms with van der Waals surface area (Å²) >= 11 is 0. The van der Waals surface area contributed by atoms with E-state index in [1.807, 2.05) is 42.3 Å². The van der Waals surface area contributed by atoms with Crippen LogP contribution in [0.15, 0.2) is 30.3 Å². The molecule has 1 N–H and O–H groups in total. The molecule has 2 rings (SSSR count). The zero-order valence-electron chi connectivity index (χ0n) is 12.5. The van der Waals surface area contributed by atoms with Crippen molar-refractivity contribution in [2.24, 2.45) is 0 Å². The van der Waals surface area contributed by atoms with E-state index in [1.165, 1.54) is 0 Å². The molecule has 0 unspecified atom stereocenters. The van der Waals surface area contributed by atoms with E-state index < -0.39 is 0 Å². The third-order valence-corrected chi connectivity index (χ3v) is 4.16. The van der Waals surface area contributed by atoms with Gasteiger partial charge in [-0.1, -0.05) is 25.1 Å². The summed E-state index contributed by atoms with van der Waals surface area (Å²) in [7, 11) is 1.93. The minimum Gasteiger partial charge on any atom is -0.376 e. The SMILES string of the molecule is CCN1CCC(N(C)C(=O)CNc2ccccc2)CC1. The number of carbonyl (C=O) groups is 1. The summed E-state index contributed by atoms with van der Waals surface area (Å²) in [5.74, 6) is 0.170. The normalized spacial score (nSPS) is 16.9. The summed E-state index contributed by atoms with van der Waals surface area (Å²) in [6, 6.07) is 10.3. The standard InChI is InChI=1S/C16H25N3O/c1-3-19-11-9-15(10-12-19)18(2)16(20)13-17-14-7-5-4-6-8-14/h4-8,15,17H,3,9-13H2,1-2H3. The predicted molar refractivity (Wildman–Crippen MR) is 82.8 cm³/mol. The minimum atomic E-state index is 0.170. The van der Waals surface area contributed by atoms with Crippen molar-refractivity contribution in [2.75, 3.05) is 38.5 Å². The van der Waals surface area contributed by atoms with Crippen LogP contribution in [-0.4, -0.2) is 55.0 Å². The van der Waals surface area contributed by atoms with Crippen LogP contribution in [0.3, 0.4) is 0 Å². The number of para-hydroxylation sites is 1. The number of likely N-dealkylation sites (tertiary alicyclic amines) is 1. The first-order valence-electron chi connectivity index (χ1n) is 7.47. The van der Waals surface area contributed by atoms with Crippen molar-refractivity contribution < 1.29 is 4.79 Å². The van der Waals surface area contributed by atoms with Gasteiger partial charge in [0.2, 0.25) is 5.91 Å². The average molecular weight is 275 g/mol. The number of carbonyl (C=O) groups excluding carboxylic acids is 1. The van der Waals surface area contributed by atoms with Crippen molar-refractivity contribution >= 4 is 11.6 Å². The van der Waals surface area contributed by atoms with Gasteiger partial charge in [-0.05, 0) is 31.5 Å². The van der Waals surface area contributed by atoms with Crippen LogP contribution in [0.2, 0.25) is 0 Å². The van der Waals surface area contributed by atoms with Gasteiger partial charge in [0.1, 0.15) is 0 Å². The molecule has 1 aliphatic heterocycles. The Morgan fingerprint density at radius 3 is 2.55 bits per heavy atom. The van der Waals surface area contributed by atoms with E-state index in [4.69, 9.17) is 0 Å². The maximum atomic E-state index is 12.2. The molecule has 20 heavy (non-hydrogen) atoms. The predicted octanol–water partition coefficient (Wildman–Crippen LogP) is 2.04. The molecule has 1 aromatic rings. The van der Waals surface area contributed by atoms with Gasteiger partial charge in [-0.15, -0.1) is 0 Å². The lowest BCUT2D eigenvalue weighted by Crippen LogP contribution is -2.46. The Morgan fingerprint density at radius 2 is 1.95 bits per heavy atom. The van der Waals surface area contributed by atoms with Crippen LogP contribution in [0.1, 0.15) is 19.8 Å². The number of amides is 1. The number of hydrogen-bond acceptors (Lipinski definition) is 3. The lowest BCUT2D eigenvalue weighted by molar-refractivity contribution is -0.130. The van der Waals surface area contributed by atoms with Crippen molar-refractivity contribution in [3.63, 3.8) is 0 Å². The van der Waals surface area contributed by atoms with E-state index in [1.54, 1.807) is 0 Å². The highest BCUT2D eigenvalue weighted by Crippen LogP contribution is 2.15. The monoisotopic (exact) mass is 275 g/mol. The molecular weight excluding hydrogens is 250 g/mol. The molecule has 1 fully saturated rings. The van der Waals surface area contributed by atoms with Gasteiger partial charge in [0.05, 0.1) is 6.54 Å². The maximum Gasteiger partial charge on any atom is 0.241 e. The van der Waals surface area contributed by atoms with Crippen LogP contribution in [0.25, 0.3) is 0 Å². The third-order valence-electron chi connectivity index (χ3n) is 4.16. The highest BCUT2D eigenvalue weighted by molar-refractivity contribution is 5.80. The Hall–Kier alpha value is -1.55. The van der Waals surface area contributed by atoms with E-state index in [0.29, 0.717) is 12.6 Å². The third kappa shape index (κ3) is 3.97. The van der Waals surface area contributed by atoms with Crippen molar-refractivity contribution in [1.82, 2.24) is 9.80 Å². The minimum absolute atomic E-state index is 0.170. The van der Waals surface area contributed by atoms with Crippen LogP contribution in [0, 0.1) is 0 Å². The van der Waals surface area contributed by atoms with Gasteiger partial charge in [-0.2, -0.15) is 0 Å². The fraction of sp³-hybridized carbons (Fsp3) is 0.562. The first kappa shape index (κ1) is 14.9. The second-order valence-corrected chi connectivity index (χ2v) is 5.39. The van der Waals surface area contributed by atoms with Gasteiger partial charge in [-0.3, -0.25) is 4.79 Å². The fourth-order valence-electron chi connectivity index (χ4n) is 2.68. The number of hydrogen-bond donors (Lipinski definition) is 1. The van der Waals surface area contributed by atoms with E-state index in [0.717, 1.165) is 38.2 Å². The lowest BCUT2D eigenvalue weighted by atomic mass is 10.0. The van der Waals surface area contributed by atoms with Gasteiger partial charge in [0, 0.05) is 31.9 Å². The lowest BCUT2D eigenvalue weighted by Gasteiger charge is -2.36. The number of likely N-dealkylation sites (N-methyl/N-ethyl adjacent to an activating group) is 1. The molecular formula is C16H25N3O. The number of anilines is 1. The summed E-state index contributed by atoms with van der Waals surface area (Å²) < 4.78 is 0. The Kier molecular flexibility index (Phi) is 5.41. The Labute approximate surface area is 121 Å². The zero-order valence-corrected chi connectivity index (χ0v) is 12.5. The largest absolute Gasteiger partial charge is 0.376 e. The molecule has 1 aromatic carbocycles. The van der Waals surface area contributed by atoms with Crippen molar-refractivity contribution in [3.8, 4) is 0 Å². The fourth-order valence-corrected chi connectivity index (χ4v) is 2.68. The quantitative estimate of drug-likeness (QED) is 0.893. The van der Waals surface area contributed by atoms with Crippen LogP contribution >= 0.6 is 0 Å². The number of nitrogens with one attached hydrogen (secondary N) is 1. The molecule has 1 heterocycles. The van der Waals surface area contributed by atoms with Gasteiger partial charge < -0.3 is 15.1 Å². The molecule has 0 radical (unpaired) electrons. The van der Waals surface area contributed by atoms with Crippen LogP contribution in [-0.2, 0) is 4.79 Å². The zero-order chi connectivity index (χ0) is 14.4. The van der Waals surface area contributed by atoms with Gasteiger partial charge in [0.15, 0.2) is 0 Å². The Bertz CT molecular complexity index is 413. The molecule has 4 heteroatoms. The second-order valence-electron chi connectivity index (χ2n) is 5.39. The molecule has 1 saturated heterocycles. The number of benzene rings is 1. The van der Waals surface area contributed by atoms with Crippen molar-refractivity contribution in [1.29, 1.82) is 0 Å². The van der Waals surface area contributed by atoms with E-state index in [9.17, 15) is 4.79 Å². The first-order valence-corrected chi connectivity index (χ1v) is 7.47. The average Bonchev–Trinajstić information content (AvgIpc) is 2.53. The second kappa shape index (κ2) is 7.29. The molecule has 0 bridgehead atoms. The van der Waals surface area contributed by atoms with Crippen LogP contribution in [0.4, 0.5) is 5.69 Å². The van der Waals surface area contributed by atoms with Crippen molar-refractivity contribution in [3.05, 3.63) is 30.3 Å². The van der Waals surface area contributed by atoms with Gasteiger partial charge >= 0.3 is 0 Å². The maximum absolute atomic E-state index is 12.2. The molecule has 0 aliphatic carbocycles. The molecule has 0 aromatic heterocycles. The van der Waals surface area contributed by atoms with E-state index >= 15 is 0 Å². The highest BCUT2D eigenvalue weighted by Gasteiger charge is 2.24. The summed E-state index contributed by atoms with van der Waals surface area (Å²) in [5.41, 5.74) is 0.995. The summed E-state index contributed by atoms with van der Waals surface area (Å²) in [6.07, 6.45) is 2.17. The topological polar surface area (TPSA) is 35.6 Å². The van der Waals surface area contributed by atoms with Crippen LogP contribution in [0.5, 0.6) is 0 Å².